The van der Waals surface area contributed by atoms with Gasteiger partial charge in [0.25, 0.3) is 0 Å². The summed E-state index contributed by atoms with van der Waals surface area (Å²) in [5.41, 5.74) is -0.0739. The van der Waals surface area contributed by atoms with Crippen molar-refractivity contribution in [3.63, 3.8) is 0 Å². The average Bonchev–Trinajstić information content (AvgIpc) is 2.94. The van der Waals surface area contributed by atoms with Gasteiger partial charge in [-0.3, -0.25) is 9.69 Å². The molecule has 0 bridgehead atoms. The van der Waals surface area contributed by atoms with Gasteiger partial charge in [-0.25, -0.2) is 0 Å². The Bertz CT molecular complexity index is 379. The molecular weight excluding hydrogens is 264 g/mol. The number of rotatable bonds is 4. The molecule has 0 aromatic rings. The maximum atomic E-state index is 11.4. The van der Waals surface area contributed by atoms with E-state index in [1.165, 1.54) is 58.0 Å². The van der Waals surface area contributed by atoms with Crippen molar-refractivity contribution in [2.45, 2.75) is 81.8 Å². The van der Waals surface area contributed by atoms with Crippen LogP contribution in [0.1, 0.15) is 64.2 Å². The summed E-state index contributed by atoms with van der Waals surface area (Å²) in [6.07, 6.45) is 11.3. The molecule has 2 atom stereocenters. The van der Waals surface area contributed by atoms with E-state index in [1.807, 2.05) is 0 Å². The SMILES string of the molecule is CN(C1CCN2CCCC2C1)C1(CC(=O)O)CCCCC1. The van der Waals surface area contributed by atoms with E-state index in [0.29, 0.717) is 12.5 Å². The van der Waals surface area contributed by atoms with Crippen LogP contribution in [0.3, 0.4) is 0 Å². The Hall–Kier alpha value is -0.610. The summed E-state index contributed by atoms with van der Waals surface area (Å²) < 4.78 is 0. The first-order valence-corrected chi connectivity index (χ1v) is 8.79. The molecule has 2 unspecified atom stereocenters. The van der Waals surface area contributed by atoms with Gasteiger partial charge in [0.1, 0.15) is 0 Å². The second-order valence-electron chi connectivity index (χ2n) is 7.48. The van der Waals surface area contributed by atoms with Crippen molar-refractivity contribution in [2.75, 3.05) is 20.1 Å². The summed E-state index contributed by atoms with van der Waals surface area (Å²) in [4.78, 5) is 16.6. The Morgan fingerprint density at radius 1 is 1.19 bits per heavy atom. The van der Waals surface area contributed by atoms with Crippen LogP contribution in [-0.2, 0) is 4.79 Å². The van der Waals surface area contributed by atoms with Gasteiger partial charge in [0.05, 0.1) is 6.42 Å². The molecule has 2 heterocycles. The Balaban J connectivity index is 1.71. The predicted molar refractivity (Wildman–Crippen MR) is 83.4 cm³/mol. The van der Waals surface area contributed by atoms with Crippen LogP contribution in [-0.4, -0.2) is 58.6 Å². The van der Waals surface area contributed by atoms with Crippen LogP contribution in [0.15, 0.2) is 0 Å². The molecule has 1 N–H and O–H groups in total. The van der Waals surface area contributed by atoms with E-state index in [9.17, 15) is 9.90 Å². The zero-order valence-corrected chi connectivity index (χ0v) is 13.4. The van der Waals surface area contributed by atoms with Crippen molar-refractivity contribution in [1.82, 2.24) is 9.80 Å². The van der Waals surface area contributed by atoms with Gasteiger partial charge in [-0.15, -0.1) is 0 Å². The molecule has 21 heavy (non-hydrogen) atoms. The molecule has 120 valence electrons. The van der Waals surface area contributed by atoms with Gasteiger partial charge < -0.3 is 10.0 Å². The van der Waals surface area contributed by atoms with Crippen LogP contribution < -0.4 is 0 Å². The number of hydrogen-bond donors (Lipinski definition) is 1. The minimum Gasteiger partial charge on any atom is -0.481 e. The lowest BCUT2D eigenvalue weighted by molar-refractivity contribution is -0.142. The number of aliphatic carboxylic acids is 1. The first-order valence-electron chi connectivity index (χ1n) is 8.79. The predicted octanol–water partition coefficient (Wildman–Crippen LogP) is 2.72. The van der Waals surface area contributed by atoms with Gasteiger partial charge in [0.15, 0.2) is 0 Å². The van der Waals surface area contributed by atoms with Gasteiger partial charge in [0, 0.05) is 17.6 Å². The maximum Gasteiger partial charge on any atom is 0.305 e. The van der Waals surface area contributed by atoms with E-state index in [0.717, 1.165) is 18.9 Å². The number of carboxylic acid groups (broad SMARTS) is 1. The van der Waals surface area contributed by atoms with E-state index in [4.69, 9.17) is 0 Å². The fourth-order valence-electron chi connectivity index (χ4n) is 5.09. The number of carbonyl (C=O) groups is 1. The molecule has 2 saturated heterocycles. The topological polar surface area (TPSA) is 43.8 Å². The van der Waals surface area contributed by atoms with Gasteiger partial charge in [0.2, 0.25) is 0 Å². The highest BCUT2D eigenvalue weighted by atomic mass is 16.4. The molecule has 1 aliphatic carbocycles. The largest absolute Gasteiger partial charge is 0.481 e. The molecule has 3 fully saturated rings. The van der Waals surface area contributed by atoms with Crippen molar-refractivity contribution in [3.05, 3.63) is 0 Å². The van der Waals surface area contributed by atoms with Crippen LogP contribution in [0.5, 0.6) is 0 Å². The lowest BCUT2D eigenvalue weighted by Crippen LogP contribution is -2.57. The summed E-state index contributed by atoms with van der Waals surface area (Å²) in [7, 11) is 2.21. The molecule has 0 radical (unpaired) electrons. The molecule has 0 amide bonds. The van der Waals surface area contributed by atoms with E-state index in [1.54, 1.807) is 0 Å². The van der Waals surface area contributed by atoms with Crippen LogP contribution in [0.4, 0.5) is 0 Å². The number of carboxylic acids is 1. The quantitative estimate of drug-likeness (QED) is 0.866. The highest BCUT2D eigenvalue weighted by Gasteiger charge is 2.43. The number of hydrogen-bond acceptors (Lipinski definition) is 3. The second-order valence-corrected chi connectivity index (χ2v) is 7.48. The van der Waals surface area contributed by atoms with Gasteiger partial charge in [-0.1, -0.05) is 19.3 Å². The molecule has 2 aliphatic heterocycles. The molecule has 4 nitrogen and oxygen atoms in total. The third kappa shape index (κ3) is 3.11. The lowest BCUT2D eigenvalue weighted by Gasteiger charge is -2.50. The van der Waals surface area contributed by atoms with Crippen molar-refractivity contribution in [2.24, 2.45) is 0 Å². The second kappa shape index (κ2) is 6.25. The monoisotopic (exact) mass is 294 g/mol. The maximum absolute atomic E-state index is 11.4. The molecule has 4 heteroatoms. The number of piperidine rings is 1. The lowest BCUT2D eigenvalue weighted by atomic mass is 9.76. The Labute approximate surface area is 128 Å². The summed E-state index contributed by atoms with van der Waals surface area (Å²) >= 11 is 0. The van der Waals surface area contributed by atoms with Crippen LogP contribution in [0.25, 0.3) is 0 Å². The van der Waals surface area contributed by atoms with E-state index >= 15 is 0 Å². The van der Waals surface area contributed by atoms with Gasteiger partial charge >= 0.3 is 5.97 Å². The smallest absolute Gasteiger partial charge is 0.305 e. The van der Waals surface area contributed by atoms with Crippen LogP contribution in [0, 0.1) is 0 Å². The van der Waals surface area contributed by atoms with E-state index in [-0.39, 0.29) is 5.54 Å². The molecule has 3 rings (SSSR count). The average molecular weight is 294 g/mol. The summed E-state index contributed by atoms with van der Waals surface area (Å²) in [5.74, 6) is -0.623. The molecule has 3 aliphatic rings. The fourth-order valence-corrected chi connectivity index (χ4v) is 5.09. The molecular formula is C17H30N2O2. The zero-order valence-electron chi connectivity index (χ0n) is 13.4. The Morgan fingerprint density at radius 2 is 1.95 bits per heavy atom. The standard InChI is InChI=1S/C17H30N2O2/c1-18(14-7-11-19-10-5-6-15(19)12-14)17(13-16(20)21)8-3-2-4-9-17/h14-15H,2-13H2,1H3,(H,20,21). The summed E-state index contributed by atoms with van der Waals surface area (Å²) in [5, 5.41) is 9.39. The molecule has 0 aromatic carbocycles. The number of nitrogens with zero attached hydrogens (tertiary/aromatic N) is 2. The van der Waals surface area contributed by atoms with Crippen molar-refractivity contribution in [1.29, 1.82) is 0 Å². The molecule has 0 aromatic heterocycles. The number of fused-ring (bicyclic) bond motifs is 1. The van der Waals surface area contributed by atoms with Crippen LogP contribution >= 0.6 is 0 Å². The Morgan fingerprint density at radius 3 is 2.67 bits per heavy atom. The van der Waals surface area contributed by atoms with Gasteiger partial charge in [-0.2, -0.15) is 0 Å². The van der Waals surface area contributed by atoms with Crippen molar-refractivity contribution >= 4 is 5.97 Å². The van der Waals surface area contributed by atoms with Gasteiger partial charge in [-0.05, 0) is 58.7 Å². The molecule has 1 saturated carbocycles. The third-order valence-corrected chi connectivity index (χ3v) is 6.35. The summed E-state index contributed by atoms with van der Waals surface area (Å²) in [6, 6.07) is 1.35. The highest BCUT2D eigenvalue weighted by Crippen LogP contribution is 2.40. The fraction of sp³-hybridized carbons (Fsp3) is 0.941. The minimum absolute atomic E-state index is 0.0739. The Kier molecular flexibility index (Phi) is 4.55. The first-order chi connectivity index (χ1) is 10.1. The summed E-state index contributed by atoms with van der Waals surface area (Å²) in [6.45, 7) is 2.49. The van der Waals surface area contributed by atoms with E-state index < -0.39 is 5.97 Å². The van der Waals surface area contributed by atoms with Crippen molar-refractivity contribution < 1.29 is 9.90 Å². The van der Waals surface area contributed by atoms with E-state index in [2.05, 4.69) is 16.8 Å². The van der Waals surface area contributed by atoms with Crippen LogP contribution in [0.2, 0.25) is 0 Å². The zero-order chi connectivity index (χ0) is 14.9. The first kappa shape index (κ1) is 15.3. The third-order valence-electron chi connectivity index (χ3n) is 6.35. The normalized spacial score (nSPS) is 33.0. The molecule has 0 spiro atoms. The minimum atomic E-state index is -0.623. The van der Waals surface area contributed by atoms with Crippen molar-refractivity contribution in [3.8, 4) is 0 Å². The highest BCUT2D eigenvalue weighted by molar-refractivity contribution is 5.68.